The van der Waals surface area contributed by atoms with Crippen molar-refractivity contribution < 1.29 is 14.3 Å². The van der Waals surface area contributed by atoms with Gasteiger partial charge in [-0.3, -0.25) is 4.79 Å². The molecule has 3 aromatic rings. The fraction of sp³-hybridized carbons (Fsp3) is 0.333. The highest BCUT2D eigenvalue weighted by Gasteiger charge is 2.22. The molecule has 5 heteroatoms. The Hall–Kier alpha value is -2.66. The third kappa shape index (κ3) is 3.79. The zero-order valence-corrected chi connectivity index (χ0v) is 18.1. The lowest BCUT2D eigenvalue weighted by Crippen LogP contribution is -2.14. The number of ketones is 1. The molecule has 0 atom stereocenters. The Morgan fingerprint density at radius 3 is 2.41 bits per heavy atom. The zero-order valence-electron chi connectivity index (χ0n) is 17.3. The third-order valence-electron chi connectivity index (χ3n) is 5.48. The van der Waals surface area contributed by atoms with E-state index in [2.05, 4.69) is 36.6 Å². The van der Waals surface area contributed by atoms with Crippen LogP contribution in [0.2, 0.25) is 0 Å². The van der Waals surface area contributed by atoms with E-state index in [9.17, 15) is 9.59 Å². The first-order valence-corrected chi connectivity index (χ1v) is 10.7. The van der Waals surface area contributed by atoms with Gasteiger partial charge in [-0.15, -0.1) is 11.3 Å². The molecular formula is C24H25NO3S. The van der Waals surface area contributed by atoms with Crippen molar-refractivity contribution in [2.45, 2.75) is 47.0 Å². The molecule has 1 aromatic carbocycles. The van der Waals surface area contributed by atoms with Gasteiger partial charge in [0, 0.05) is 27.5 Å². The number of hydrogen-bond acceptors (Lipinski definition) is 4. The number of nitrogens with zero attached hydrogens (tertiary/aromatic N) is 1. The monoisotopic (exact) mass is 407 g/mol. The van der Waals surface area contributed by atoms with Gasteiger partial charge in [0.15, 0.2) is 6.61 Å². The molecule has 0 saturated carbocycles. The molecule has 0 N–H and O–H groups in total. The quantitative estimate of drug-likeness (QED) is 0.426. The Labute approximate surface area is 175 Å². The van der Waals surface area contributed by atoms with Crippen LogP contribution in [-0.4, -0.2) is 22.9 Å². The van der Waals surface area contributed by atoms with Crippen LogP contribution in [0.15, 0.2) is 30.3 Å². The Bertz CT molecular complexity index is 1080. The summed E-state index contributed by atoms with van der Waals surface area (Å²) in [7, 11) is 0. The van der Waals surface area contributed by atoms with Crippen molar-refractivity contribution >= 4 is 23.1 Å². The number of aromatic nitrogens is 1. The summed E-state index contributed by atoms with van der Waals surface area (Å²) in [5.41, 5.74) is 7.10. The lowest BCUT2D eigenvalue weighted by Gasteiger charge is -2.12. The highest BCUT2D eigenvalue weighted by atomic mass is 32.1. The molecule has 0 bridgehead atoms. The number of ether oxygens (including phenoxy) is 1. The highest BCUT2D eigenvalue weighted by molar-refractivity contribution is 7.14. The number of rotatable bonds is 5. The Balaban J connectivity index is 1.51. The van der Waals surface area contributed by atoms with E-state index < -0.39 is 5.97 Å². The highest BCUT2D eigenvalue weighted by Crippen LogP contribution is 2.31. The molecular weight excluding hydrogens is 382 g/mol. The first-order valence-electron chi connectivity index (χ1n) is 9.93. The fourth-order valence-corrected chi connectivity index (χ4v) is 5.38. The van der Waals surface area contributed by atoms with Crippen LogP contribution in [0.5, 0.6) is 0 Å². The van der Waals surface area contributed by atoms with Crippen molar-refractivity contribution in [2.75, 3.05) is 6.61 Å². The number of esters is 1. The first kappa shape index (κ1) is 19.6. The molecule has 0 radical (unpaired) electrons. The minimum Gasteiger partial charge on any atom is -0.453 e. The van der Waals surface area contributed by atoms with E-state index in [4.69, 9.17) is 4.74 Å². The molecule has 4 nitrogen and oxygen atoms in total. The van der Waals surface area contributed by atoms with E-state index in [0.29, 0.717) is 10.4 Å². The van der Waals surface area contributed by atoms with E-state index in [1.54, 1.807) is 0 Å². The van der Waals surface area contributed by atoms with Gasteiger partial charge in [-0.05, 0) is 87.9 Å². The van der Waals surface area contributed by atoms with Crippen LogP contribution < -0.4 is 0 Å². The van der Waals surface area contributed by atoms with Crippen molar-refractivity contribution in [3.63, 3.8) is 0 Å². The summed E-state index contributed by atoms with van der Waals surface area (Å²) >= 11 is 1.50. The van der Waals surface area contributed by atoms with Crippen LogP contribution in [0, 0.1) is 27.7 Å². The zero-order chi connectivity index (χ0) is 20.7. The van der Waals surface area contributed by atoms with E-state index in [0.717, 1.165) is 36.3 Å². The Morgan fingerprint density at radius 1 is 1.00 bits per heavy atom. The van der Waals surface area contributed by atoms with Gasteiger partial charge < -0.3 is 9.30 Å². The van der Waals surface area contributed by atoms with Gasteiger partial charge in [0.1, 0.15) is 4.88 Å². The van der Waals surface area contributed by atoms with Gasteiger partial charge in [-0.2, -0.15) is 0 Å². The van der Waals surface area contributed by atoms with Gasteiger partial charge >= 0.3 is 5.97 Å². The second kappa shape index (κ2) is 7.64. The summed E-state index contributed by atoms with van der Waals surface area (Å²) in [5, 5.41) is 0. The smallest absolute Gasteiger partial charge is 0.348 e. The normalized spacial score (nSPS) is 12.8. The summed E-state index contributed by atoms with van der Waals surface area (Å²) in [6.45, 7) is 7.82. The summed E-state index contributed by atoms with van der Waals surface area (Å²) in [4.78, 5) is 27.0. The van der Waals surface area contributed by atoms with E-state index in [1.165, 1.54) is 32.9 Å². The van der Waals surface area contributed by atoms with Crippen LogP contribution in [0.1, 0.15) is 59.4 Å². The van der Waals surface area contributed by atoms with Crippen LogP contribution >= 0.6 is 11.3 Å². The number of carbonyl (C=O) groups excluding carboxylic acids is 2. The molecule has 0 saturated heterocycles. The fourth-order valence-electron chi connectivity index (χ4n) is 4.23. The van der Waals surface area contributed by atoms with Gasteiger partial charge in [0.25, 0.3) is 0 Å². The van der Waals surface area contributed by atoms with Crippen LogP contribution in [0.3, 0.4) is 0 Å². The summed E-state index contributed by atoms with van der Waals surface area (Å²) in [6, 6.07) is 10.1. The van der Waals surface area contributed by atoms with Crippen LogP contribution in [-0.2, 0) is 17.6 Å². The van der Waals surface area contributed by atoms with Gasteiger partial charge in [0.05, 0.1) is 0 Å². The van der Waals surface area contributed by atoms with Gasteiger partial charge in [-0.25, -0.2) is 4.79 Å². The minimum absolute atomic E-state index is 0.175. The van der Waals surface area contributed by atoms with Crippen molar-refractivity contribution in [1.82, 2.24) is 4.57 Å². The SMILES string of the molecule is Cc1cc(C)cc(-n2c(C)cc(C(=O)COC(=O)c3cc4c(s3)CCC4)c2C)c1. The topological polar surface area (TPSA) is 48.3 Å². The molecule has 4 rings (SSSR count). The second-order valence-electron chi connectivity index (χ2n) is 7.88. The average molecular weight is 408 g/mol. The molecule has 0 spiro atoms. The predicted molar refractivity (Wildman–Crippen MR) is 116 cm³/mol. The number of carbonyl (C=O) groups is 2. The van der Waals surface area contributed by atoms with Crippen LogP contribution in [0.4, 0.5) is 0 Å². The molecule has 2 heterocycles. The number of benzene rings is 1. The largest absolute Gasteiger partial charge is 0.453 e. The van der Waals surface area contributed by atoms with E-state index in [-0.39, 0.29) is 12.4 Å². The maximum Gasteiger partial charge on any atom is 0.348 e. The second-order valence-corrected chi connectivity index (χ2v) is 9.01. The lowest BCUT2D eigenvalue weighted by molar-refractivity contribution is 0.0479. The summed E-state index contributed by atoms with van der Waals surface area (Å²) < 4.78 is 7.42. The van der Waals surface area contributed by atoms with Crippen LogP contribution in [0.25, 0.3) is 5.69 Å². The van der Waals surface area contributed by atoms with Crippen molar-refractivity contribution in [2.24, 2.45) is 0 Å². The molecule has 1 aliphatic rings. The summed E-state index contributed by atoms with van der Waals surface area (Å²) in [5.74, 6) is -0.577. The average Bonchev–Trinajstić information content (AvgIpc) is 3.32. The lowest BCUT2D eigenvalue weighted by atomic mass is 10.1. The maximum atomic E-state index is 12.8. The number of fused-ring (bicyclic) bond motifs is 1. The van der Waals surface area contributed by atoms with Gasteiger partial charge in [-0.1, -0.05) is 6.07 Å². The number of Topliss-reactive ketones (excluding diaryl/α,β-unsaturated/α-hetero) is 1. The number of aryl methyl sites for hydroxylation is 5. The number of hydrogen-bond donors (Lipinski definition) is 0. The molecule has 1 aliphatic carbocycles. The van der Waals surface area contributed by atoms with E-state index in [1.807, 2.05) is 26.0 Å². The predicted octanol–water partition coefficient (Wildman–Crippen LogP) is 5.30. The first-order chi connectivity index (χ1) is 13.8. The van der Waals surface area contributed by atoms with Gasteiger partial charge in [0.2, 0.25) is 5.78 Å². The van der Waals surface area contributed by atoms with E-state index >= 15 is 0 Å². The molecule has 2 aromatic heterocycles. The maximum absolute atomic E-state index is 12.8. The molecule has 0 aliphatic heterocycles. The third-order valence-corrected chi connectivity index (χ3v) is 6.70. The Morgan fingerprint density at radius 2 is 1.72 bits per heavy atom. The Kier molecular flexibility index (Phi) is 5.17. The molecule has 0 fully saturated rings. The minimum atomic E-state index is -0.402. The standard InChI is InChI=1S/C24H25NO3S/c1-14-8-15(2)10-19(9-14)25-16(3)11-20(17(25)4)21(26)13-28-24(27)23-12-18-6-5-7-22(18)29-23/h8-12H,5-7,13H2,1-4H3. The van der Waals surface area contributed by atoms with Crippen molar-refractivity contribution in [3.8, 4) is 5.69 Å². The molecule has 29 heavy (non-hydrogen) atoms. The summed E-state index contributed by atoms with van der Waals surface area (Å²) in [6.07, 6.45) is 3.23. The molecule has 150 valence electrons. The molecule has 0 unspecified atom stereocenters. The van der Waals surface area contributed by atoms with Crippen molar-refractivity contribution in [1.29, 1.82) is 0 Å². The molecule has 0 amide bonds. The van der Waals surface area contributed by atoms with Crippen molar-refractivity contribution in [3.05, 3.63) is 73.7 Å². The number of thiophene rings is 1.